The summed E-state index contributed by atoms with van der Waals surface area (Å²) >= 11 is 0. The van der Waals surface area contributed by atoms with Crippen LogP contribution in [0.25, 0.3) is 0 Å². The molecule has 1 fully saturated rings. The average Bonchev–Trinajstić information content (AvgIpc) is 2.60. The van der Waals surface area contributed by atoms with Crippen LogP contribution >= 0.6 is 0 Å². The van der Waals surface area contributed by atoms with Gasteiger partial charge in [0.25, 0.3) is 0 Å². The molecule has 4 nitrogen and oxygen atoms in total. The topological polar surface area (TPSA) is 35.9 Å². The van der Waals surface area contributed by atoms with Crippen molar-refractivity contribution in [3.05, 3.63) is 29.8 Å². The number of para-hydroxylation sites is 1. The Hall–Kier alpha value is -1.10. The minimum atomic E-state index is -0.437. The Morgan fingerprint density at radius 3 is 2.39 bits per heavy atom. The molecule has 23 heavy (non-hydrogen) atoms. The van der Waals surface area contributed by atoms with Crippen molar-refractivity contribution in [3.63, 3.8) is 0 Å². The van der Waals surface area contributed by atoms with Gasteiger partial charge in [-0.05, 0) is 30.5 Å². The van der Waals surface area contributed by atoms with Crippen molar-refractivity contribution in [1.82, 2.24) is 9.80 Å². The molecule has 0 amide bonds. The lowest BCUT2D eigenvalue weighted by Gasteiger charge is -2.34. The predicted octanol–water partition coefficient (Wildman–Crippen LogP) is 2.58. The zero-order valence-corrected chi connectivity index (χ0v) is 14.9. The minimum Gasteiger partial charge on any atom is -0.491 e. The van der Waals surface area contributed by atoms with Gasteiger partial charge in [0, 0.05) is 32.7 Å². The van der Waals surface area contributed by atoms with Gasteiger partial charge in [-0.3, -0.25) is 4.90 Å². The second-order valence-electron chi connectivity index (χ2n) is 6.55. The quantitative estimate of drug-likeness (QED) is 0.799. The summed E-state index contributed by atoms with van der Waals surface area (Å²) in [7, 11) is 0. The van der Waals surface area contributed by atoms with E-state index in [9.17, 15) is 5.11 Å². The highest BCUT2D eigenvalue weighted by Crippen LogP contribution is 2.28. The summed E-state index contributed by atoms with van der Waals surface area (Å²) in [6, 6.07) is 8.18. The maximum atomic E-state index is 10.3. The van der Waals surface area contributed by atoms with E-state index in [1.54, 1.807) is 0 Å². The van der Waals surface area contributed by atoms with Gasteiger partial charge in [0.2, 0.25) is 0 Å². The van der Waals surface area contributed by atoms with Crippen LogP contribution in [-0.4, -0.2) is 66.9 Å². The molecule has 0 unspecified atom stereocenters. The Morgan fingerprint density at radius 2 is 1.74 bits per heavy atom. The summed E-state index contributed by atoms with van der Waals surface area (Å²) in [5.74, 6) is 1.39. The van der Waals surface area contributed by atoms with Gasteiger partial charge in [0.1, 0.15) is 18.5 Å². The first-order valence-corrected chi connectivity index (χ1v) is 8.98. The van der Waals surface area contributed by atoms with E-state index in [1.807, 2.05) is 12.1 Å². The van der Waals surface area contributed by atoms with Crippen molar-refractivity contribution in [3.8, 4) is 5.75 Å². The highest BCUT2D eigenvalue weighted by Gasteiger charge is 2.19. The van der Waals surface area contributed by atoms with Gasteiger partial charge in [-0.15, -0.1) is 0 Å². The Kier molecular flexibility index (Phi) is 7.34. The van der Waals surface area contributed by atoms with Crippen LogP contribution in [0.1, 0.15) is 38.7 Å². The van der Waals surface area contributed by atoms with E-state index >= 15 is 0 Å². The van der Waals surface area contributed by atoms with Crippen LogP contribution in [0.2, 0.25) is 0 Å². The minimum absolute atomic E-state index is 0.363. The summed E-state index contributed by atoms with van der Waals surface area (Å²) in [4.78, 5) is 4.78. The fourth-order valence-corrected chi connectivity index (χ4v) is 3.06. The Labute approximate surface area is 141 Å². The fraction of sp³-hybridized carbons (Fsp3) is 0.684. The van der Waals surface area contributed by atoms with E-state index < -0.39 is 6.10 Å². The van der Waals surface area contributed by atoms with Gasteiger partial charge in [0.05, 0.1) is 0 Å². The third-order valence-electron chi connectivity index (χ3n) is 4.87. The number of likely N-dealkylation sites (N-methyl/N-ethyl adjacent to an activating group) is 1. The number of nitrogens with zero attached hydrogens (tertiary/aromatic N) is 2. The first-order chi connectivity index (χ1) is 11.1. The van der Waals surface area contributed by atoms with Crippen molar-refractivity contribution in [1.29, 1.82) is 0 Å². The van der Waals surface area contributed by atoms with Crippen LogP contribution in [0.15, 0.2) is 24.3 Å². The van der Waals surface area contributed by atoms with Crippen molar-refractivity contribution in [2.45, 2.75) is 39.2 Å². The molecule has 0 bridgehead atoms. The maximum Gasteiger partial charge on any atom is 0.122 e. The molecule has 2 atom stereocenters. The zero-order valence-electron chi connectivity index (χ0n) is 14.9. The highest BCUT2D eigenvalue weighted by molar-refractivity contribution is 5.35. The van der Waals surface area contributed by atoms with Crippen LogP contribution in [0.3, 0.4) is 0 Å². The highest BCUT2D eigenvalue weighted by atomic mass is 16.5. The van der Waals surface area contributed by atoms with Gasteiger partial charge in [0.15, 0.2) is 0 Å². The van der Waals surface area contributed by atoms with Crippen LogP contribution in [0.4, 0.5) is 0 Å². The van der Waals surface area contributed by atoms with Crippen LogP contribution < -0.4 is 4.74 Å². The molecular weight excluding hydrogens is 288 g/mol. The Bertz CT molecular complexity index is 458. The Morgan fingerprint density at radius 1 is 1.09 bits per heavy atom. The normalized spacial score (nSPS) is 19.5. The van der Waals surface area contributed by atoms with Crippen molar-refractivity contribution in [2.75, 3.05) is 45.9 Å². The molecule has 0 saturated carbocycles. The number of aliphatic hydroxyl groups is 1. The lowest BCUT2D eigenvalue weighted by molar-refractivity contribution is 0.0468. The lowest BCUT2D eigenvalue weighted by atomic mass is 9.98. The number of rotatable bonds is 8. The molecule has 1 N–H and O–H groups in total. The van der Waals surface area contributed by atoms with Gasteiger partial charge >= 0.3 is 0 Å². The predicted molar refractivity (Wildman–Crippen MR) is 95.2 cm³/mol. The number of β-amino-alcohol motifs (C(OH)–C–C–N with tert-alkyl or cyclic N) is 1. The summed E-state index contributed by atoms with van der Waals surface area (Å²) in [6.45, 7) is 13.0. The molecule has 2 rings (SSSR count). The SMILES string of the molecule is CC[C@@H](C)c1ccccc1OC[C@H](O)CN1CCN(CC)CC1. The number of ether oxygens (including phenoxy) is 1. The van der Waals surface area contributed by atoms with Crippen molar-refractivity contribution < 1.29 is 9.84 Å². The number of hydrogen-bond donors (Lipinski definition) is 1. The van der Waals surface area contributed by atoms with Gasteiger partial charge in [-0.1, -0.05) is 39.0 Å². The van der Waals surface area contributed by atoms with E-state index in [0.717, 1.165) is 44.9 Å². The second kappa shape index (κ2) is 9.26. The number of aliphatic hydroxyl groups excluding tert-OH is 1. The lowest BCUT2D eigenvalue weighted by Crippen LogP contribution is -2.49. The Balaban J connectivity index is 1.80. The van der Waals surface area contributed by atoms with E-state index in [-0.39, 0.29) is 0 Å². The molecule has 0 spiro atoms. The van der Waals surface area contributed by atoms with E-state index in [0.29, 0.717) is 19.1 Å². The second-order valence-corrected chi connectivity index (χ2v) is 6.55. The van der Waals surface area contributed by atoms with Crippen LogP contribution in [0, 0.1) is 0 Å². The number of hydrogen-bond acceptors (Lipinski definition) is 4. The average molecular weight is 320 g/mol. The largest absolute Gasteiger partial charge is 0.491 e. The molecule has 1 aliphatic heterocycles. The van der Waals surface area contributed by atoms with E-state index in [1.165, 1.54) is 5.56 Å². The standard InChI is InChI=1S/C19H32N2O2/c1-4-16(3)18-8-6-7-9-19(18)23-15-17(22)14-21-12-10-20(5-2)11-13-21/h6-9,16-17,22H,4-5,10-15H2,1-3H3/t16-,17-/m1/s1. The monoisotopic (exact) mass is 320 g/mol. The summed E-state index contributed by atoms with van der Waals surface area (Å²) in [5.41, 5.74) is 1.23. The molecule has 1 saturated heterocycles. The molecule has 1 aromatic rings. The van der Waals surface area contributed by atoms with Crippen molar-refractivity contribution >= 4 is 0 Å². The summed E-state index contributed by atoms with van der Waals surface area (Å²) < 4.78 is 5.92. The molecular formula is C19H32N2O2. The molecule has 0 radical (unpaired) electrons. The van der Waals surface area contributed by atoms with Crippen LogP contribution in [0.5, 0.6) is 5.75 Å². The maximum absolute atomic E-state index is 10.3. The number of benzene rings is 1. The summed E-state index contributed by atoms with van der Waals surface area (Å²) in [5, 5.41) is 10.3. The molecule has 4 heteroatoms. The molecule has 1 aromatic carbocycles. The van der Waals surface area contributed by atoms with Crippen LogP contribution in [-0.2, 0) is 0 Å². The molecule has 1 heterocycles. The molecule has 0 aromatic heterocycles. The van der Waals surface area contributed by atoms with Crippen molar-refractivity contribution in [2.24, 2.45) is 0 Å². The first kappa shape index (κ1) is 18.2. The van der Waals surface area contributed by atoms with Gasteiger partial charge in [-0.25, -0.2) is 0 Å². The summed E-state index contributed by atoms with van der Waals surface area (Å²) in [6.07, 6.45) is 0.651. The third-order valence-corrected chi connectivity index (χ3v) is 4.87. The molecule has 1 aliphatic rings. The number of piperazine rings is 1. The van der Waals surface area contributed by atoms with E-state index in [4.69, 9.17) is 4.74 Å². The zero-order chi connectivity index (χ0) is 16.7. The fourth-order valence-electron chi connectivity index (χ4n) is 3.06. The smallest absolute Gasteiger partial charge is 0.122 e. The first-order valence-electron chi connectivity index (χ1n) is 8.98. The molecule has 130 valence electrons. The van der Waals surface area contributed by atoms with Gasteiger partial charge < -0.3 is 14.7 Å². The van der Waals surface area contributed by atoms with E-state index in [2.05, 4.69) is 42.7 Å². The molecule has 0 aliphatic carbocycles. The third kappa shape index (κ3) is 5.48. The van der Waals surface area contributed by atoms with Gasteiger partial charge in [-0.2, -0.15) is 0 Å².